The maximum Gasteiger partial charge on any atom is 0.255 e. The van der Waals surface area contributed by atoms with E-state index in [1.54, 1.807) is 6.08 Å². The Labute approximate surface area is 218 Å². The van der Waals surface area contributed by atoms with E-state index in [9.17, 15) is 4.79 Å². The van der Waals surface area contributed by atoms with Gasteiger partial charge in [-0.2, -0.15) is 11.8 Å². The maximum atomic E-state index is 14.1. The fourth-order valence-corrected chi connectivity index (χ4v) is 5.83. The van der Waals surface area contributed by atoms with Crippen molar-refractivity contribution in [2.24, 2.45) is 0 Å². The molecule has 4 atom stereocenters. The van der Waals surface area contributed by atoms with Crippen LogP contribution in [0, 0.1) is 0 Å². The van der Waals surface area contributed by atoms with Crippen LogP contribution in [0.4, 0.5) is 0 Å². The van der Waals surface area contributed by atoms with Crippen molar-refractivity contribution in [1.82, 2.24) is 4.90 Å². The van der Waals surface area contributed by atoms with Crippen LogP contribution >= 0.6 is 35.0 Å². The zero-order valence-corrected chi connectivity index (χ0v) is 23.0. The average Bonchev–Trinajstić information content (AvgIpc) is 2.77. The van der Waals surface area contributed by atoms with Crippen LogP contribution in [0.1, 0.15) is 70.7 Å². The van der Waals surface area contributed by atoms with Crippen molar-refractivity contribution in [3.63, 3.8) is 0 Å². The molecule has 0 aromatic heterocycles. The molecule has 1 fully saturated rings. The predicted octanol–water partition coefficient (Wildman–Crippen LogP) is 8.28. The number of thioether (sulfide) groups is 1. The lowest BCUT2D eigenvalue weighted by Gasteiger charge is -2.52. The summed E-state index contributed by atoms with van der Waals surface area (Å²) in [4.78, 5) is 16.2. The second-order valence-corrected chi connectivity index (χ2v) is 12.7. The molecule has 1 heterocycles. The number of benzene rings is 2. The van der Waals surface area contributed by atoms with Crippen LogP contribution in [0.3, 0.4) is 0 Å². The van der Waals surface area contributed by atoms with Crippen LogP contribution in [-0.2, 0) is 9.53 Å². The normalized spacial score (nSPS) is 24.2. The Morgan fingerprint density at radius 1 is 1.15 bits per heavy atom. The molecule has 0 saturated carbocycles. The van der Waals surface area contributed by atoms with E-state index in [1.165, 1.54) is 0 Å². The molecule has 1 amide bonds. The van der Waals surface area contributed by atoms with Gasteiger partial charge < -0.3 is 9.64 Å². The highest BCUT2D eigenvalue weighted by atomic mass is 35.5. The quantitative estimate of drug-likeness (QED) is 0.328. The molecule has 6 heteroatoms. The molecule has 2 aromatic carbocycles. The van der Waals surface area contributed by atoms with Gasteiger partial charge in [0, 0.05) is 33.0 Å². The third-order valence-corrected chi connectivity index (χ3v) is 8.06. The monoisotopic (exact) mass is 519 g/mol. The maximum absolute atomic E-state index is 14.1. The summed E-state index contributed by atoms with van der Waals surface area (Å²) in [6.07, 6.45) is 2.63. The van der Waals surface area contributed by atoms with Crippen LogP contribution in [0.25, 0.3) is 0 Å². The fraction of sp³-hybridized carbons (Fsp3) is 0.464. The van der Waals surface area contributed by atoms with E-state index in [2.05, 4.69) is 39.2 Å². The van der Waals surface area contributed by atoms with Gasteiger partial charge in [0.1, 0.15) is 11.7 Å². The molecule has 0 N–H and O–H groups in total. The Bertz CT molecular complexity index is 1000. The zero-order chi connectivity index (χ0) is 25.1. The summed E-state index contributed by atoms with van der Waals surface area (Å²) in [6.45, 7) is 14.5. The number of carbonyl (C=O) groups is 1. The summed E-state index contributed by atoms with van der Waals surface area (Å²) in [7, 11) is 0. The molecule has 0 aliphatic carbocycles. The van der Waals surface area contributed by atoms with E-state index >= 15 is 0 Å². The van der Waals surface area contributed by atoms with Gasteiger partial charge in [-0.05, 0) is 48.7 Å². The topological polar surface area (TPSA) is 29.5 Å². The largest absolute Gasteiger partial charge is 0.355 e. The van der Waals surface area contributed by atoms with Crippen molar-refractivity contribution >= 4 is 40.9 Å². The van der Waals surface area contributed by atoms with Gasteiger partial charge in [-0.25, -0.2) is 0 Å². The predicted molar refractivity (Wildman–Crippen MR) is 146 cm³/mol. The number of rotatable bonds is 8. The van der Waals surface area contributed by atoms with Gasteiger partial charge in [-0.3, -0.25) is 4.79 Å². The number of carbonyl (C=O) groups excluding carboxylic acids is 1. The summed E-state index contributed by atoms with van der Waals surface area (Å²) >= 11 is 14.5. The van der Waals surface area contributed by atoms with Gasteiger partial charge in [0.15, 0.2) is 0 Å². The summed E-state index contributed by atoms with van der Waals surface area (Å²) in [6, 6.07) is 15.2. The molecule has 184 valence electrons. The summed E-state index contributed by atoms with van der Waals surface area (Å²) in [5.74, 6) is 0.828. The van der Waals surface area contributed by atoms with Gasteiger partial charge in [-0.15, -0.1) is 6.58 Å². The van der Waals surface area contributed by atoms with Crippen molar-refractivity contribution in [1.29, 1.82) is 0 Å². The molecule has 1 aliphatic heterocycles. The number of morpholine rings is 1. The highest BCUT2D eigenvalue weighted by Crippen LogP contribution is 2.48. The molecule has 34 heavy (non-hydrogen) atoms. The first-order valence-electron chi connectivity index (χ1n) is 11.8. The minimum atomic E-state index is -1.02. The lowest BCUT2D eigenvalue weighted by atomic mass is 9.86. The average molecular weight is 521 g/mol. The lowest BCUT2D eigenvalue weighted by molar-refractivity contribution is -0.201. The molecule has 0 radical (unpaired) electrons. The van der Waals surface area contributed by atoms with Crippen molar-refractivity contribution < 1.29 is 9.53 Å². The Balaban J connectivity index is 2.19. The minimum absolute atomic E-state index is 0.00742. The van der Waals surface area contributed by atoms with Gasteiger partial charge in [0.05, 0.1) is 6.04 Å². The SMILES string of the molecule is C=CC[C@@]1(C)OC(c2cccc(Cl)c2)C(c2ccc(Cl)cc2)N(C(CC)CSC(C)(C)C)C1=O. The number of ether oxygens (including phenoxy) is 1. The van der Waals surface area contributed by atoms with Crippen molar-refractivity contribution in [2.75, 3.05) is 5.75 Å². The Hall–Kier alpha value is -1.46. The molecular formula is C28H35Cl2NO2S. The highest BCUT2D eigenvalue weighted by molar-refractivity contribution is 8.00. The second kappa shape index (κ2) is 11.1. The van der Waals surface area contributed by atoms with E-state index in [4.69, 9.17) is 27.9 Å². The Morgan fingerprint density at radius 2 is 1.82 bits per heavy atom. The standard InChI is InChI=1S/C28H35Cl2NO2S/c1-7-16-28(6)26(32)31(23(8-2)18-34-27(3,4)5)24(19-12-14-21(29)15-13-19)25(33-28)20-10-9-11-22(30)17-20/h7,9-15,17,23-25H,1,8,16,18H2,2-6H3/t23?,24?,25?,28-/m1/s1. The van der Waals surface area contributed by atoms with Crippen molar-refractivity contribution in [3.05, 3.63) is 82.4 Å². The molecule has 3 unspecified atom stereocenters. The third kappa shape index (κ3) is 6.20. The number of halogens is 2. The molecule has 1 aliphatic rings. The number of hydrogen-bond donors (Lipinski definition) is 0. The number of hydrogen-bond acceptors (Lipinski definition) is 3. The Morgan fingerprint density at radius 3 is 2.38 bits per heavy atom. The molecular weight excluding hydrogens is 485 g/mol. The lowest BCUT2D eigenvalue weighted by Crippen LogP contribution is -2.60. The minimum Gasteiger partial charge on any atom is -0.355 e. The van der Waals surface area contributed by atoms with Gasteiger partial charge >= 0.3 is 0 Å². The van der Waals surface area contributed by atoms with Gasteiger partial charge in [-0.1, -0.05) is 81.2 Å². The summed E-state index contributed by atoms with van der Waals surface area (Å²) in [5, 5.41) is 1.30. The van der Waals surface area contributed by atoms with E-state index in [0.29, 0.717) is 16.5 Å². The molecule has 3 rings (SSSR count). The first kappa shape index (κ1) is 27.1. The molecule has 0 spiro atoms. The van der Waals surface area contributed by atoms with E-state index in [0.717, 1.165) is 23.3 Å². The summed E-state index contributed by atoms with van der Waals surface area (Å²) < 4.78 is 6.77. The molecule has 1 saturated heterocycles. The second-order valence-electron chi connectivity index (χ2n) is 10.0. The van der Waals surface area contributed by atoms with Crippen LogP contribution in [0.2, 0.25) is 10.0 Å². The van der Waals surface area contributed by atoms with E-state index in [-0.39, 0.29) is 22.7 Å². The van der Waals surface area contributed by atoms with Crippen LogP contribution in [-0.4, -0.2) is 32.9 Å². The van der Waals surface area contributed by atoms with Crippen LogP contribution in [0.5, 0.6) is 0 Å². The number of nitrogens with zero attached hydrogens (tertiary/aromatic N) is 1. The van der Waals surface area contributed by atoms with Gasteiger partial charge in [0.25, 0.3) is 5.91 Å². The first-order chi connectivity index (χ1) is 16.0. The van der Waals surface area contributed by atoms with Crippen molar-refractivity contribution in [2.45, 2.75) is 76.0 Å². The molecule has 0 bridgehead atoms. The zero-order valence-electron chi connectivity index (χ0n) is 20.7. The smallest absolute Gasteiger partial charge is 0.255 e. The molecule has 2 aromatic rings. The van der Waals surface area contributed by atoms with E-state index < -0.39 is 11.7 Å². The fourth-order valence-electron chi connectivity index (χ4n) is 4.41. The van der Waals surface area contributed by atoms with Gasteiger partial charge in [0.2, 0.25) is 0 Å². The summed E-state index contributed by atoms with van der Waals surface area (Å²) in [5.41, 5.74) is 0.915. The first-order valence-corrected chi connectivity index (χ1v) is 13.5. The molecule has 3 nitrogen and oxygen atoms in total. The Kier molecular flexibility index (Phi) is 8.84. The number of amides is 1. The van der Waals surface area contributed by atoms with E-state index in [1.807, 2.05) is 67.2 Å². The van der Waals surface area contributed by atoms with Crippen LogP contribution in [0.15, 0.2) is 61.2 Å². The third-order valence-electron chi connectivity index (χ3n) is 6.16. The van der Waals surface area contributed by atoms with Crippen LogP contribution < -0.4 is 0 Å². The van der Waals surface area contributed by atoms with Crippen molar-refractivity contribution in [3.8, 4) is 0 Å². The highest BCUT2D eigenvalue weighted by Gasteiger charge is 2.52.